The molecule has 0 fully saturated rings. The largest absolute Gasteiger partial charge is 0.394 e. The number of nitrogens with two attached hydrogens (primary N) is 1. The Kier molecular flexibility index (Phi) is 4.40. The van der Waals surface area contributed by atoms with Crippen LogP contribution in [0.5, 0.6) is 0 Å². The molecule has 0 bridgehead atoms. The summed E-state index contributed by atoms with van der Waals surface area (Å²) in [7, 11) is 0. The summed E-state index contributed by atoms with van der Waals surface area (Å²) in [5, 5.41) is 23.0. The van der Waals surface area contributed by atoms with Crippen molar-refractivity contribution in [3.05, 3.63) is 22.2 Å². The number of anilines is 2. The molecule has 1 aromatic heterocycles. The van der Waals surface area contributed by atoms with Crippen molar-refractivity contribution in [3.8, 4) is 0 Å². The van der Waals surface area contributed by atoms with Crippen LogP contribution < -0.4 is 16.6 Å². The first kappa shape index (κ1) is 14.1. The van der Waals surface area contributed by atoms with Crippen molar-refractivity contribution in [2.24, 2.45) is 5.84 Å². The molecule has 0 spiro atoms. The average molecular weight is 255 g/mol. The second-order valence-corrected chi connectivity index (χ2v) is 4.19. The molecular weight excluding hydrogens is 238 g/mol. The van der Waals surface area contributed by atoms with Crippen LogP contribution in [0.4, 0.5) is 17.3 Å². The van der Waals surface area contributed by atoms with Crippen LogP contribution in [0.1, 0.15) is 20.3 Å². The van der Waals surface area contributed by atoms with Gasteiger partial charge in [0.05, 0.1) is 29.2 Å². The fourth-order valence-electron chi connectivity index (χ4n) is 1.31. The number of nitrogen functional groups attached to an aromatic ring is 1. The monoisotopic (exact) mass is 255 g/mol. The molecule has 8 nitrogen and oxygen atoms in total. The predicted molar refractivity (Wildman–Crippen MR) is 68.1 cm³/mol. The van der Waals surface area contributed by atoms with Gasteiger partial charge in [-0.05, 0) is 13.3 Å². The maximum Gasteiger partial charge on any atom is 0.276 e. The van der Waals surface area contributed by atoms with E-state index in [0.717, 1.165) is 0 Å². The third-order valence-corrected chi connectivity index (χ3v) is 2.73. The van der Waals surface area contributed by atoms with E-state index in [9.17, 15) is 15.2 Å². The SMILES string of the molecule is CCC(C)(CO)Nc1cc([N+](=O)[O-])cc(NN)n1. The topological polar surface area (TPSA) is 126 Å². The van der Waals surface area contributed by atoms with Gasteiger partial charge in [-0.2, -0.15) is 0 Å². The van der Waals surface area contributed by atoms with Crippen LogP contribution in [-0.4, -0.2) is 27.2 Å². The van der Waals surface area contributed by atoms with E-state index in [0.29, 0.717) is 6.42 Å². The van der Waals surface area contributed by atoms with Crippen LogP contribution in [0.2, 0.25) is 0 Å². The molecule has 1 unspecified atom stereocenters. The molecule has 0 aliphatic heterocycles. The van der Waals surface area contributed by atoms with Gasteiger partial charge in [0.2, 0.25) is 0 Å². The van der Waals surface area contributed by atoms with Crippen molar-refractivity contribution in [2.45, 2.75) is 25.8 Å². The second kappa shape index (κ2) is 5.61. The number of hydrazine groups is 1. The zero-order chi connectivity index (χ0) is 13.8. The minimum absolute atomic E-state index is 0.112. The van der Waals surface area contributed by atoms with Crippen molar-refractivity contribution in [1.82, 2.24) is 4.98 Å². The first-order valence-electron chi connectivity index (χ1n) is 5.46. The zero-order valence-electron chi connectivity index (χ0n) is 10.3. The van der Waals surface area contributed by atoms with Crippen LogP contribution >= 0.6 is 0 Å². The summed E-state index contributed by atoms with van der Waals surface area (Å²) in [6.45, 7) is 3.57. The highest BCUT2D eigenvalue weighted by Gasteiger charge is 2.22. The molecule has 1 rings (SSSR count). The highest BCUT2D eigenvalue weighted by molar-refractivity contribution is 5.55. The van der Waals surface area contributed by atoms with Crippen molar-refractivity contribution in [3.63, 3.8) is 0 Å². The maximum absolute atomic E-state index is 10.8. The summed E-state index contributed by atoms with van der Waals surface area (Å²) in [6, 6.07) is 2.53. The Morgan fingerprint density at radius 3 is 2.61 bits per heavy atom. The van der Waals surface area contributed by atoms with Gasteiger partial charge in [0, 0.05) is 0 Å². The van der Waals surface area contributed by atoms with E-state index in [1.165, 1.54) is 12.1 Å². The third-order valence-electron chi connectivity index (χ3n) is 2.73. The maximum atomic E-state index is 10.8. The van der Waals surface area contributed by atoms with Gasteiger partial charge >= 0.3 is 0 Å². The number of aliphatic hydroxyl groups excluding tert-OH is 1. The Bertz CT molecular complexity index is 434. The molecule has 0 saturated carbocycles. The molecule has 18 heavy (non-hydrogen) atoms. The lowest BCUT2D eigenvalue weighted by atomic mass is 10.0. The molecule has 0 aromatic carbocycles. The molecule has 1 atom stereocenters. The zero-order valence-corrected chi connectivity index (χ0v) is 10.3. The van der Waals surface area contributed by atoms with Gasteiger partial charge in [-0.3, -0.25) is 10.1 Å². The highest BCUT2D eigenvalue weighted by atomic mass is 16.6. The Hall–Kier alpha value is -1.93. The summed E-state index contributed by atoms with van der Waals surface area (Å²) in [5.74, 6) is 5.68. The van der Waals surface area contributed by atoms with E-state index < -0.39 is 10.5 Å². The van der Waals surface area contributed by atoms with Gasteiger partial charge in [-0.15, -0.1) is 0 Å². The van der Waals surface area contributed by atoms with Crippen LogP contribution in [-0.2, 0) is 0 Å². The normalized spacial score (nSPS) is 13.8. The van der Waals surface area contributed by atoms with E-state index in [-0.39, 0.29) is 23.9 Å². The summed E-state index contributed by atoms with van der Waals surface area (Å²) >= 11 is 0. The molecule has 0 saturated heterocycles. The number of nitrogens with zero attached hydrogens (tertiary/aromatic N) is 2. The highest BCUT2D eigenvalue weighted by Crippen LogP contribution is 2.23. The molecule has 100 valence electrons. The number of rotatable bonds is 6. The number of hydrogen-bond acceptors (Lipinski definition) is 7. The average Bonchev–Trinajstić information content (AvgIpc) is 2.38. The van der Waals surface area contributed by atoms with E-state index in [1.807, 2.05) is 6.92 Å². The van der Waals surface area contributed by atoms with Crippen LogP contribution in [0.25, 0.3) is 0 Å². The van der Waals surface area contributed by atoms with Gasteiger partial charge in [-0.1, -0.05) is 6.92 Å². The number of aromatic nitrogens is 1. The standard InChI is InChI=1S/C10H17N5O3/c1-3-10(2,6-16)13-8-4-7(15(17)18)5-9(12-8)14-11/h4-5,16H,3,6,11H2,1-2H3,(H2,12,13,14). The fraction of sp³-hybridized carbons (Fsp3) is 0.500. The first-order chi connectivity index (χ1) is 8.44. The Labute approximate surface area is 104 Å². The molecule has 0 amide bonds. The minimum atomic E-state index is -0.589. The van der Waals surface area contributed by atoms with E-state index in [2.05, 4.69) is 15.7 Å². The lowest BCUT2D eigenvalue weighted by Crippen LogP contribution is -2.38. The Morgan fingerprint density at radius 1 is 1.56 bits per heavy atom. The quantitative estimate of drug-likeness (QED) is 0.337. The van der Waals surface area contributed by atoms with E-state index in [4.69, 9.17) is 5.84 Å². The van der Waals surface area contributed by atoms with Gasteiger partial charge < -0.3 is 15.8 Å². The van der Waals surface area contributed by atoms with Gasteiger partial charge in [-0.25, -0.2) is 10.8 Å². The predicted octanol–water partition coefficient (Wildman–Crippen LogP) is 0.848. The summed E-state index contributed by atoms with van der Waals surface area (Å²) in [5.41, 5.74) is 1.55. The van der Waals surface area contributed by atoms with Gasteiger partial charge in [0.25, 0.3) is 5.69 Å². The fourth-order valence-corrected chi connectivity index (χ4v) is 1.31. The number of pyridine rings is 1. The van der Waals surface area contributed by atoms with E-state index in [1.54, 1.807) is 6.92 Å². The third kappa shape index (κ3) is 3.28. The van der Waals surface area contributed by atoms with Crippen molar-refractivity contribution in [1.29, 1.82) is 0 Å². The number of hydrogen-bond donors (Lipinski definition) is 4. The number of nitrogens with one attached hydrogen (secondary N) is 2. The molecule has 0 aliphatic carbocycles. The number of nitro groups is 1. The molecule has 0 radical (unpaired) electrons. The molecule has 8 heteroatoms. The van der Waals surface area contributed by atoms with Crippen molar-refractivity contribution < 1.29 is 10.0 Å². The molecular formula is C10H17N5O3. The second-order valence-electron chi connectivity index (χ2n) is 4.19. The van der Waals surface area contributed by atoms with Crippen LogP contribution in [0.3, 0.4) is 0 Å². The number of aliphatic hydroxyl groups is 1. The lowest BCUT2D eigenvalue weighted by Gasteiger charge is -2.27. The van der Waals surface area contributed by atoms with E-state index >= 15 is 0 Å². The summed E-state index contributed by atoms with van der Waals surface area (Å²) in [4.78, 5) is 14.3. The molecule has 1 heterocycles. The van der Waals surface area contributed by atoms with Crippen molar-refractivity contribution >= 4 is 17.3 Å². The van der Waals surface area contributed by atoms with Gasteiger partial charge in [0.15, 0.2) is 0 Å². The molecule has 1 aromatic rings. The first-order valence-corrected chi connectivity index (χ1v) is 5.46. The summed E-state index contributed by atoms with van der Waals surface area (Å²) in [6.07, 6.45) is 0.638. The molecule has 0 aliphatic rings. The van der Waals surface area contributed by atoms with Crippen LogP contribution in [0.15, 0.2) is 12.1 Å². The minimum Gasteiger partial charge on any atom is -0.394 e. The Morgan fingerprint density at radius 2 is 2.17 bits per heavy atom. The lowest BCUT2D eigenvalue weighted by molar-refractivity contribution is -0.384. The van der Waals surface area contributed by atoms with Crippen molar-refractivity contribution in [2.75, 3.05) is 17.3 Å². The molecule has 5 N–H and O–H groups in total. The van der Waals surface area contributed by atoms with Crippen LogP contribution in [0, 0.1) is 10.1 Å². The van der Waals surface area contributed by atoms with Gasteiger partial charge in [0.1, 0.15) is 11.6 Å². The smallest absolute Gasteiger partial charge is 0.276 e. The Balaban J connectivity index is 3.08. The summed E-state index contributed by atoms with van der Waals surface area (Å²) < 4.78 is 0.